The number of hydrogen-bond acceptors (Lipinski definition) is 2. The molecule has 0 aliphatic heterocycles. The van der Waals surface area contributed by atoms with Crippen molar-refractivity contribution in [3.8, 4) is 0 Å². The zero-order chi connectivity index (χ0) is 15.1. The molecule has 2 aromatic rings. The fraction of sp³-hybridized carbons (Fsp3) is 0.333. The Morgan fingerprint density at radius 3 is 2.48 bits per heavy atom. The van der Waals surface area contributed by atoms with Gasteiger partial charge in [-0.05, 0) is 35.2 Å². The van der Waals surface area contributed by atoms with Crippen molar-refractivity contribution in [1.29, 1.82) is 0 Å². The van der Waals surface area contributed by atoms with E-state index >= 15 is 0 Å². The first-order chi connectivity index (χ1) is 10.2. The number of methoxy groups -OCH3 is 1. The van der Waals surface area contributed by atoms with Gasteiger partial charge in [0, 0.05) is 24.2 Å². The average molecular weight is 348 g/mol. The van der Waals surface area contributed by atoms with Crippen LogP contribution in [0.1, 0.15) is 36.1 Å². The van der Waals surface area contributed by atoms with E-state index in [0.29, 0.717) is 12.6 Å². The summed E-state index contributed by atoms with van der Waals surface area (Å²) in [5.41, 5.74) is 3.84. The summed E-state index contributed by atoms with van der Waals surface area (Å²) >= 11 is 3.48. The van der Waals surface area contributed by atoms with Crippen LogP contribution in [0.25, 0.3) is 0 Å². The first kappa shape index (κ1) is 16.2. The van der Waals surface area contributed by atoms with Crippen LogP contribution in [0.15, 0.2) is 53.0 Å². The van der Waals surface area contributed by atoms with Crippen LogP contribution in [0.2, 0.25) is 0 Å². The van der Waals surface area contributed by atoms with Crippen LogP contribution in [0.3, 0.4) is 0 Å². The quantitative estimate of drug-likeness (QED) is 0.773. The van der Waals surface area contributed by atoms with E-state index < -0.39 is 0 Å². The van der Waals surface area contributed by atoms with Gasteiger partial charge >= 0.3 is 0 Å². The van der Waals surface area contributed by atoms with Crippen molar-refractivity contribution in [3.05, 3.63) is 69.7 Å². The standard InChI is InChI=1S/C18H22BrNO/c1-3-18(16-7-9-17(19)10-8-16)20-12-14-5-4-6-15(11-14)13-21-2/h4-11,18,20H,3,12-13H2,1-2H3. The van der Waals surface area contributed by atoms with E-state index in [4.69, 9.17) is 4.74 Å². The first-order valence-corrected chi connectivity index (χ1v) is 8.08. The minimum absolute atomic E-state index is 0.379. The SMILES string of the molecule is CCC(NCc1cccc(COC)c1)c1ccc(Br)cc1. The van der Waals surface area contributed by atoms with E-state index in [0.717, 1.165) is 17.4 Å². The first-order valence-electron chi connectivity index (χ1n) is 7.28. The minimum Gasteiger partial charge on any atom is -0.380 e. The molecule has 3 heteroatoms. The highest BCUT2D eigenvalue weighted by Crippen LogP contribution is 2.20. The Morgan fingerprint density at radius 1 is 1.10 bits per heavy atom. The zero-order valence-electron chi connectivity index (χ0n) is 12.6. The van der Waals surface area contributed by atoms with E-state index in [2.05, 4.69) is 76.7 Å². The van der Waals surface area contributed by atoms with Crippen molar-refractivity contribution in [2.24, 2.45) is 0 Å². The highest BCUT2D eigenvalue weighted by molar-refractivity contribution is 9.10. The molecule has 2 rings (SSSR count). The Balaban J connectivity index is 1.99. The van der Waals surface area contributed by atoms with Crippen LogP contribution in [-0.2, 0) is 17.9 Å². The third-order valence-electron chi connectivity index (χ3n) is 3.54. The summed E-state index contributed by atoms with van der Waals surface area (Å²) in [6.07, 6.45) is 1.07. The van der Waals surface area contributed by atoms with Crippen LogP contribution < -0.4 is 5.32 Å². The molecule has 0 bridgehead atoms. The molecule has 0 aromatic heterocycles. The van der Waals surface area contributed by atoms with Crippen LogP contribution in [0.5, 0.6) is 0 Å². The van der Waals surface area contributed by atoms with E-state index in [9.17, 15) is 0 Å². The van der Waals surface area contributed by atoms with E-state index in [1.807, 2.05) is 0 Å². The number of halogens is 1. The Bertz CT molecular complexity index is 553. The third-order valence-corrected chi connectivity index (χ3v) is 4.06. The van der Waals surface area contributed by atoms with Gasteiger partial charge in [-0.2, -0.15) is 0 Å². The van der Waals surface area contributed by atoms with E-state index in [1.54, 1.807) is 7.11 Å². The summed E-state index contributed by atoms with van der Waals surface area (Å²) < 4.78 is 6.30. The van der Waals surface area contributed by atoms with Gasteiger partial charge in [0.2, 0.25) is 0 Å². The van der Waals surface area contributed by atoms with Crippen molar-refractivity contribution in [1.82, 2.24) is 5.32 Å². The molecule has 0 spiro atoms. The van der Waals surface area contributed by atoms with Crippen molar-refractivity contribution in [2.45, 2.75) is 32.5 Å². The normalized spacial score (nSPS) is 12.3. The van der Waals surface area contributed by atoms with Crippen LogP contribution in [0, 0.1) is 0 Å². The number of ether oxygens (including phenoxy) is 1. The van der Waals surface area contributed by atoms with Gasteiger partial charge in [0.1, 0.15) is 0 Å². The molecule has 0 radical (unpaired) electrons. The molecule has 0 amide bonds. The lowest BCUT2D eigenvalue weighted by atomic mass is 10.0. The molecular formula is C18H22BrNO. The molecular weight excluding hydrogens is 326 g/mol. The molecule has 1 atom stereocenters. The summed E-state index contributed by atoms with van der Waals surface area (Å²) in [7, 11) is 1.73. The predicted octanol–water partition coefficient (Wildman–Crippen LogP) is 4.84. The number of nitrogens with one attached hydrogen (secondary N) is 1. The lowest BCUT2D eigenvalue weighted by molar-refractivity contribution is 0.185. The Hall–Kier alpha value is -1.16. The zero-order valence-corrected chi connectivity index (χ0v) is 14.2. The molecule has 0 heterocycles. The average Bonchev–Trinajstić information content (AvgIpc) is 2.50. The molecule has 2 aromatic carbocycles. The van der Waals surface area contributed by atoms with Gasteiger partial charge in [0.15, 0.2) is 0 Å². The van der Waals surface area contributed by atoms with Gasteiger partial charge < -0.3 is 10.1 Å². The van der Waals surface area contributed by atoms with Gasteiger partial charge in [-0.25, -0.2) is 0 Å². The van der Waals surface area contributed by atoms with Crippen molar-refractivity contribution < 1.29 is 4.74 Å². The molecule has 21 heavy (non-hydrogen) atoms. The lowest BCUT2D eigenvalue weighted by Gasteiger charge is -2.18. The Morgan fingerprint density at radius 2 is 1.81 bits per heavy atom. The topological polar surface area (TPSA) is 21.3 Å². The van der Waals surface area contributed by atoms with Crippen molar-refractivity contribution in [2.75, 3.05) is 7.11 Å². The largest absolute Gasteiger partial charge is 0.380 e. The fourth-order valence-electron chi connectivity index (χ4n) is 2.43. The maximum Gasteiger partial charge on any atom is 0.0713 e. The molecule has 0 saturated heterocycles. The molecule has 112 valence electrons. The molecule has 0 aliphatic carbocycles. The Kier molecular flexibility index (Phi) is 6.43. The molecule has 1 N–H and O–H groups in total. The van der Waals surface area contributed by atoms with Crippen LogP contribution in [0.4, 0.5) is 0 Å². The van der Waals surface area contributed by atoms with Gasteiger partial charge in [-0.3, -0.25) is 0 Å². The number of rotatable bonds is 7. The molecule has 2 nitrogen and oxygen atoms in total. The Labute approximate surface area is 135 Å². The number of benzene rings is 2. The molecule has 1 unspecified atom stereocenters. The van der Waals surface area contributed by atoms with Gasteiger partial charge in [-0.1, -0.05) is 59.3 Å². The highest BCUT2D eigenvalue weighted by Gasteiger charge is 2.08. The van der Waals surface area contributed by atoms with E-state index in [1.165, 1.54) is 16.7 Å². The monoisotopic (exact) mass is 347 g/mol. The second-order valence-electron chi connectivity index (χ2n) is 5.15. The second-order valence-corrected chi connectivity index (χ2v) is 6.06. The van der Waals surface area contributed by atoms with Gasteiger partial charge in [0.25, 0.3) is 0 Å². The maximum atomic E-state index is 5.19. The number of hydrogen-bond donors (Lipinski definition) is 1. The molecule has 0 saturated carbocycles. The predicted molar refractivity (Wildman–Crippen MR) is 91.2 cm³/mol. The summed E-state index contributed by atoms with van der Waals surface area (Å²) in [4.78, 5) is 0. The van der Waals surface area contributed by atoms with Crippen LogP contribution >= 0.6 is 15.9 Å². The van der Waals surface area contributed by atoms with Crippen molar-refractivity contribution >= 4 is 15.9 Å². The highest BCUT2D eigenvalue weighted by atomic mass is 79.9. The molecule has 0 fully saturated rings. The van der Waals surface area contributed by atoms with Crippen molar-refractivity contribution in [3.63, 3.8) is 0 Å². The smallest absolute Gasteiger partial charge is 0.0713 e. The third kappa shape index (κ3) is 4.95. The van der Waals surface area contributed by atoms with Crippen LogP contribution in [-0.4, -0.2) is 7.11 Å². The summed E-state index contributed by atoms with van der Waals surface area (Å²) in [5.74, 6) is 0. The van der Waals surface area contributed by atoms with E-state index in [-0.39, 0.29) is 0 Å². The summed E-state index contributed by atoms with van der Waals surface area (Å²) in [5, 5.41) is 3.63. The fourth-order valence-corrected chi connectivity index (χ4v) is 2.69. The second kappa shape index (κ2) is 8.32. The van der Waals surface area contributed by atoms with Gasteiger partial charge in [-0.15, -0.1) is 0 Å². The molecule has 0 aliphatic rings. The van der Waals surface area contributed by atoms with Gasteiger partial charge in [0.05, 0.1) is 6.61 Å². The maximum absolute atomic E-state index is 5.19. The minimum atomic E-state index is 0.379. The summed E-state index contributed by atoms with van der Waals surface area (Å²) in [6.45, 7) is 3.74. The lowest BCUT2D eigenvalue weighted by Crippen LogP contribution is -2.20. The summed E-state index contributed by atoms with van der Waals surface area (Å²) in [6, 6.07) is 17.5.